The molecule has 2 nitrogen and oxygen atoms in total. The zero-order chi connectivity index (χ0) is 18.2. The summed E-state index contributed by atoms with van der Waals surface area (Å²) in [5.41, 5.74) is -3.67. The second-order valence-corrected chi connectivity index (χ2v) is 4.44. The van der Waals surface area contributed by atoms with Crippen molar-refractivity contribution in [2.45, 2.75) is 6.30 Å². The van der Waals surface area contributed by atoms with Gasteiger partial charge in [-0.1, -0.05) is 12.1 Å². The number of benzene rings is 2. The Labute approximate surface area is 128 Å². The van der Waals surface area contributed by atoms with Crippen molar-refractivity contribution in [2.24, 2.45) is 0 Å². The van der Waals surface area contributed by atoms with Crippen molar-refractivity contribution in [1.82, 2.24) is 0 Å². The standard InChI is InChI=1S/C14H5F8NO/c15-8-7(9(16)11(18)12(19)10(8)17)13(24)5-3-1-2-4-6(5)23-14(20,21)22/h1-4,23H. The number of anilines is 1. The highest BCUT2D eigenvalue weighted by molar-refractivity contribution is 6.12. The third-order valence-electron chi connectivity index (χ3n) is 2.88. The Morgan fingerprint density at radius 1 is 0.792 bits per heavy atom. The molecule has 0 fully saturated rings. The smallest absolute Gasteiger partial charge is 0.297 e. The van der Waals surface area contributed by atoms with E-state index in [4.69, 9.17) is 0 Å². The summed E-state index contributed by atoms with van der Waals surface area (Å²) in [7, 11) is 0. The van der Waals surface area contributed by atoms with Crippen LogP contribution in [0.25, 0.3) is 0 Å². The Balaban J connectivity index is 2.64. The summed E-state index contributed by atoms with van der Waals surface area (Å²) in [4.78, 5) is 12.1. The fraction of sp³-hybridized carbons (Fsp3) is 0.0714. The zero-order valence-electron chi connectivity index (χ0n) is 11.2. The maximum atomic E-state index is 13.6. The fourth-order valence-corrected chi connectivity index (χ4v) is 1.88. The third kappa shape index (κ3) is 3.17. The molecule has 128 valence electrons. The van der Waals surface area contributed by atoms with Crippen LogP contribution in [0.15, 0.2) is 24.3 Å². The zero-order valence-corrected chi connectivity index (χ0v) is 11.2. The maximum absolute atomic E-state index is 13.6. The van der Waals surface area contributed by atoms with Crippen molar-refractivity contribution in [1.29, 1.82) is 0 Å². The first-order valence-electron chi connectivity index (χ1n) is 6.04. The van der Waals surface area contributed by atoms with Gasteiger partial charge in [-0.15, -0.1) is 0 Å². The molecule has 0 atom stereocenters. The molecule has 0 saturated heterocycles. The topological polar surface area (TPSA) is 29.1 Å². The molecule has 0 aliphatic rings. The summed E-state index contributed by atoms with van der Waals surface area (Å²) in [6.07, 6.45) is -4.99. The molecule has 0 unspecified atom stereocenters. The highest BCUT2D eigenvalue weighted by Gasteiger charge is 2.33. The van der Waals surface area contributed by atoms with Crippen LogP contribution in [-0.4, -0.2) is 12.1 Å². The number of hydrogen-bond acceptors (Lipinski definition) is 2. The summed E-state index contributed by atoms with van der Waals surface area (Å²) in [5.74, 6) is -13.9. The third-order valence-corrected chi connectivity index (χ3v) is 2.88. The number of alkyl halides is 3. The molecule has 0 radical (unpaired) electrons. The van der Waals surface area contributed by atoms with Crippen LogP contribution in [0.4, 0.5) is 40.8 Å². The molecule has 10 heteroatoms. The van der Waals surface area contributed by atoms with E-state index in [0.29, 0.717) is 0 Å². The number of carbonyl (C=O) groups is 1. The Kier molecular flexibility index (Phi) is 4.50. The molecule has 0 aliphatic carbocycles. The monoisotopic (exact) mass is 355 g/mol. The largest absolute Gasteiger partial charge is 0.482 e. The Bertz CT molecular complexity index is 786. The van der Waals surface area contributed by atoms with Crippen LogP contribution in [-0.2, 0) is 0 Å². The van der Waals surface area contributed by atoms with Crippen LogP contribution in [0.1, 0.15) is 15.9 Å². The van der Waals surface area contributed by atoms with E-state index in [0.717, 1.165) is 29.6 Å². The molecular weight excluding hydrogens is 350 g/mol. The number of hydrogen-bond donors (Lipinski definition) is 1. The summed E-state index contributed by atoms with van der Waals surface area (Å²) in [6.45, 7) is 0. The first-order chi connectivity index (χ1) is 11.0. The quantitative estimate of drug-likeness (QED) is 0.288. The molecule has 1 N–H and O–H groups in total. The lowest BCUT2D eigenvalue weighted by molar-refractivity contribution is -0.0999. The minimum absolute atomic E-state index is 0.744. The van der Waals surface area contributed by atoms with E-state index in [1.54, 1.807) is 0 Å². The van der Waals surface area contributed by atoms with E-state index in [1.807, 2.05) is 0 Å². The minimum atomic E-state index is -4.99. The molecular formula is C14H5F8NO. The van der Waals surface area contributed by atoms with E-state index < -0.39 is 58.0 Å². The van der Waals surface area contributed by atoms with Crippen LogP contribution < -0.4 is 5.32 Å². The molecule has 0 saturated carbocycles. The maximum Gasteiger partial charge on any atom is 0.482 e. The summed E-state index contributed by atoms with van der Waals surface area (Å²) < 4.78 is 104. The number of ketones is 1. The van der Waals surface area contributed by atoms with Crippen molar-refractivity contribution < 1.29 is 39.9 Å². The van der Waals surface area contributed by atoms with Gasteiger partial charge in [-0.2, -0.15) is 13.2 Å². The van der Waals surface area contributed by atoms with Crippen molar-refractivity contribution in [3.63, 3.8) is 0 Å². The van der Waals surface area contributed by atoms with E-state index in [-0.39, 0.29) is 0 Å². The van der Waals surface area contributed by atoms with Gasteiger partial charge >= 0.3 is 6.30 Å². The van der Waals surface area contributed by atoms with Gasteiger partial charge in [-0.05, 0) is 12.1 Å². The number of halogens is 8. The van der Waals surface area contributed by atoms with Crippen molar-refractivity contribution in [2.75, 3.05) is 5.32 Å². The van der Waals surface area contributed by atoms with Gasteiger partial charge in [0, 0.05) is 5.56 Å². The first-order valence-corrected chi connectivity index (χ1v) is 6.04. The molecule has 2 rings (SSSR count). The molecule has 0 bridgehead atoms. The molecule has 0 heterocycles. The van der Waals surface area contributed by atoms with E-state index >= 15 is 0 Å². The summed E-state index contributed by atoms with van der Waals surface area (Å²) >= 11 is 0. The first kappa shape index (κ1) is 17.7. The van der Waals surface area contributed by atoms with Crippen LogP contribution in [0.3, 0.4) is 0 Å². The number of carbonyl (C=O) groups excluding carboxylic acids is 1. The number of rotatable bonds is 3. The number of para-hydroxylation sites is 1. The molecule has 0 amide bonds. The second kappa shape index (κ2) is 6.10. The Morgan fingerprint density at radius 3 is 1.75 bits per heavy atom. The highest BCUT2D eigenvalue weighted by Crippen LogP contribution is 2.29. The van der Waals surface area contributed by atoms with Crippen LogP contribution >= 0.6 is 0 Å². The van der Waals surface area contributed by atoms with Gasteiger partial charge in [-0.25, -0.2) is 22.0 Å². The van der Waals surface area contributed by atoms with Crippen LogP contribution in [0.2, 0.25) is 0 Å². The van der Waals surface area contributed by atoms with E-state index in [9.17, 15) is 39.9 Å². The van der Waals surface area contributed by atoms with Gasteiger partial charge in [0.1, 0.15) is 5.56 Å². The van der Waals surface area contributed by atoms with Crippen molar-refractivity contribution in [3.05, 3.63) is 64.5 Å². The Hall–Kier alpha value is -2.65. The summed E-state index contributed by atoms with van der Waals surface area (Å²) in [5, 5.41) is 0.953. The molecule has 0 spiro atoms. The van der Waals surface area contributed by atoms with Crippen molar-refractivity contribution in [3.8, 4) is 0 Å². The van der Waals surface area contributed by atoms with Gasteiger partial charge < -0.3 is 0 Å². The second-order valence-electron chi connectivity index (χ2n) is 4.44. The molecule has 0 aromatic heterocycles. The predicted octanol–water partition coefficient (Wildman–Crippen LogP) is 4.54. The van der Waals surface area contributed by atoms with Gasteiger partial charge in [0.25, 0.3) is 0 Å². The van der Waals surface area contributed by atoms with Gasteiger partial charge in [0.05, 0.1) is 5.69 Å². The van der Waals surface area contributed by atoms with Gasteiger partial charge in [-0.3, -0.25) is 10.1 Å². The average Bonchev–Trinajstić information content (AvgIpc) is 2.50. The molecule has 0 aliphatic heterocycles. The highest BCUT2D eigenvalue weighted by atomic mass is 19.4. The fourth-order valence-electron chi connectivity index (χ4n) is 1.88. The average molecular weight is 355 g/mol. The Morgan fingerprint density at radius 2 is 1.25 bits per heavy atom. The summed E-state index contributed by atoms with van der Waals surface area (Å²) in [6, 6.07) is 3.63. The van der Waals surface area contributed by atoms with E-state index in [1.165, 1.54) is 0 Å². The van der Waals surface area contributed by atoms with Crippen molar-refractivity contribution >= 4 is 11.5 Å². The molecule has 2 aromatic rings. The number of nitrogens with one attached hydrogen (secondary N) is 1. The minimum Gasteiger partial charge on any atom is -0.297 e. The van der Waals surface area contributed by atoms with Crippen LogP contribution in [0, 0.1) is 29.1 Å². The molecule has 24 heavy (non-hydrogen) atoms. The van der Waals surface area contributed by atoms with E-state index in [2.05, 4.69) is 0 Å². The predicted molar refractivity (Wildman–Crippen MR) is 65.8 cm³/mol. The lowest BCUT2D eigenvalue weighted by Gasteiger charge is -2.14. The molecule has 2 aromatic carbocycles. The van der Waals surface area contributed by atoms with Gasteiger partial charge in [0.2, 0.25) is 11.6 Å². The lowest BCUT2D eigenvalue weighted by atomic mass is 10.00. The normalized spacial score (nSPS) is 11.5. The van der Waals surface area contributed by atoms with Crippen LogP contribution in [0.5, 0.6) is 0 Å². The SMILES string of the molecule is O=C(c1ccccc1NC(F)(F)F)c1c(F)c(F)c(F)c(F)c1F. The lowest BCUT2D eigenvalue weighted by Crippen LogP contribution is -2.23. The van der Waals surface area contributed by atoms with Gasteiger partial charge in [0.15, 0.2) is 23.3 Å².